The Kier molecular flexibility index (Phi) is 4.82. The highest BCUT2D eigenvalue weighted by Crippen LogP contribution is 2.24. The van der Waals surface area contributed by atoms with Gasteiger partial charge in [-0.25, -0.2) is 4.98 Å². The number of anilines is 2. The van der Waals surface area contributed by atoms with Gasteiger partial charge in [-0.1, -0.05) is 18.2 Å². The molecule has 7 nitrogen and oxygen atoms in total. The number of hydrogen-bond donors (Lipinski definition) is 0. The average Bonchev–Trinajstić information content (AvgIpc) is 3.28. The van der Waals surface area contributed by atoms with Crippen molar-refractivity contribution in [3.05, 3.63) is 61.2 Å². The van der Waals surface area contributed by atoms with Gasteiger partial charge in [0.25, 0.3) is 0 Å². The number of benzene rings is 1. The van der Waals surface area contributed by atoms with Crippen molar-refractivity contribution >= 4 is 17.4 Å². The Hall–Kier alpha value is -3.22. The van der Waals surface area contributed by atoms with Crippen LogP contribution in [0, 0.1) is 5.92 Å². The van der Waals surface area contributed by atoms with Crippen molar-refractivity contribution in [1.82, 2.24) is 19.7 Å². The number of imidazole rings is 1. The second kappa shape index (κ2) is 7.57. The lowest BCUT2D eigenvalue weighted by atomic mass is 9.96. The van der Waals surface area contributed by atoms with E-state index in [0.717, 1.165) is 36.7 Å². The number of carbonyl (C=O) groups is 1. The highest BCUT2D eigenvalue weighted by atomic mass is 16.2. The van der Waals surface area contributed by atoms with E-state index >= 15 is 0 Å². The van der Waals surface area contributed by atoms with E-state index in [1.165, 1.54) is 0 Å². The van der Waals surface area contributed by atoms with Gasteiger partial charge in [0.15, 0.2) is 11.6 Å². The molecule has 0 radical (unpaired) electrons. The summed E-state index contributed by atoms with van der Waals surface area (Å²) in [6.07, 6.45) is 7.09. The van der Waals surface area contributed by atoms with E-state index in [1.54, 1.807) is 17.4 Å². The second-order valence-electron chi connectivity index (χ2n) is 6.74. The van der Waals surface area contributed by atoms with Gasteiger partial charge in [0, 0.05) is 38.2 Å². The van der Waals surface area contributed by atoms with E-state index in [0.29, 0.717) is 6.54 Å². The third-order valence-electron chi connectivity index (χ3n) is 4.97. The fraction of sp³-hybridized carbons (Fsp3) is 0.300. The van der Waals surface area contributed by atoms with Crippen LogP contribution in [0.2, 0.25) is 0 Å². The van der Waals surface area contributed by atoms with Crippen LogP contribution >= 0.6 is 0 Å². The first-order valence-electron chi connectivity index (χ1n) is 9.12. The SMILES string of the molecule is CN(C(=O)C1CCCN(c2ccc(-n3ccnc3)nn2)C1)c1ccccc1. The van der Waals surface area contributed by atoms with Crippen molar-refractivity contribution in [2.24, 2.45) is 5.92 Å². The number of carbonyl (C=O) groups excluding carboxylic acids is 1. The molecule has 0 bridgehead atoms. The molecule has 0 aliphatic carbocycles. The van der Waals surface area contributed by atoms with Crippen LogP contribution < -0.4 is 9.80 Å². The number of rotatable bonds is 4. The Morgan fingerprint density at radius 1 is 1.11 bits per heavy atom. The van der Waals surface area contributed by atoms with E-state index in [1.807, 2.05) is 60.3 Å². The molecule has 1 amide bonds. The van der Waals surface area contributed by atoms with Crippen LogP contribution in [0.15, 0.2) is 61.2 Å². The number of hydrogen-bond acceptors (Lipinski definition) is 5. The van der Waals surface area contributed by atoms with E-state index < -0.39 is 0 Å². The predicted molar refractivity (Wildman–Crippen MR) is 104 cm³/mol. The first-order valence-corrected chi connectivity index (χ1v) is 9.12. The molecule has 1 aliphatic rings. The first kappa shape index (κ1) is 17.2. The number of nitrogens with zero attached hydrogens (tertiary/aromatic N) is 6. The summed E-state index contributed by atoms with van der Waals surface area (Å²) in [4.78, 5) is 20.9. The summed E-state index contributed by atoms with van der Waals surface area (Å²) in [5, 5.41) is 8.64. The number of aromatic nitrogens is 4. The topological polar surface area (TPSA) is 67.2 Å². The molecule has 1 aliphatic heterocycles. The quantitative estimate of drug-likeness (QED) is 0.713. The molecular weight excluding hydrogens is 340 g/mol. The fourth-order valence-corrected chi connectivity index (χ4v) is 3.46. The van der Waals surface area contributed by atoms with Gasteiger partial charge in [-0.3, -0.25) is 9.36 Å². The summed E-state index contributed by atoms with van der Waals surface area (Å²) in [6, 6.07) is 13.6. The van der Waals surface area contributed by atoms with Gasteiger partial charge in [0.05, 0.1) is 5.92 Å². The molecule has 3 heterocycles. The van der Waals surface area contributed by atoms with Crippen LogP contribution in [0.4, 0.5) is 11.5 Å². The van der Waals surface area contributed by atoms with Crippen molar-refractivity contribution in [3.63, 3.8) is 0 Å². The summed E-state index contributed by atoms with van der Waals surface area (Å²) in [5.41, 5.74) is 0.920. The lowest BCUT2D eigenvalue weighted by molar-refractivity contribution is -0.122. The third-order valence-corrected chi connectivity index (χ3v) is 4.97. The summed E-state index contributed by atoms with van der Waals surface area (Å²) in [7, 11) is 1.84. The van der Waals surface area contributed by atoms with Crippen molar-refractivity contribution in [1.29, 1.82) is 0 Å². The van der Waals surface area contributed by atoms with Crippen molar-refractivity contribution in [2.75, 3.05) is 29.9 Å². The zero-order valence-electron chi connectivity index (χ0n) is 15.3. The van der Waals surface area contributed by atoms with Gasteiger partial charge in [0.2, 0.25) is 5.91 Å². The Bertz CT molecular complexity index is 879. The molecule has 2 aromatic heterocycles. The molecule has 27 heavy (non-hydrogen) atoms. The minimum Gasteiger partial charge on any atom is -0.354 e. The van der Waals surface area contributed by atoms with Gasteiger partial charge < -0.3 is 9.80 Å². The van der Waals surface area contributed by atoms with Crippen LogP contribution in [0.5, 0.6) is 0 Å². The van der Waals surface area contributed by atoms with Crippen LogP contribution in [-0.4, -0.2) is 45.8 Å². The monoisotopic (exact) mass is 362 g/mol. The molecule has 4 rings (SSSR count). The normalized spacial score (nSPS) is 16.9. The van der Waals surface area contributed by atoms with Crippen LogP contribution in [-0.2, 0) is 4.79 Å². The maximum Gasteiger partial charge on any atom is 0.231 e. The Morgan fingerprint density at radius 2 is 1.89 bits per heavy atom. The number of para-hydroxylation sites is 1. The second-order valence-corrected chi connectivity index (χ2v) is 6.74. The molecule has 7 heteroatoms. The minimum absolute atomic E-state index is 0.0425. The molecule has 1 unspecified atom stereocenters. The summed E-state index contributed by atoms with van der Waals surface area (Å²) < 4.78 is 1.81. The van der Waals surface area contributed by atoms with Gasteiger partial charge in [-0.2, -0.15) is 0 Å². The smallest absolute Gasteiger partial charge is 0.231 e. The largest absolute Gasteiger partial charge is 0.354 e. The van der Waals surface area contributed by atoms with Gasteiger partial charge in [-0.05, 0) is 37.1 Å². The Labute approximate surface area is 158 Å². The number of piperidine rings is 1. The molecule has 0 saturated carbocycles. The average molecular weight is 362 g/mol. The van der Waals surface area contributed by atoms with Crippen LogP contribution in [0.1, 0.15) is 12.8 Å². The van der Waals surface area contributed by atoms with E-state index in [2.05, 4.69) is 20.1 Å². The minimum atomic E-state index is -0.0425. The van der Waals surface area contributed by atoms with Crippen molar-refractivity contribution in [2.45, 2.75) is 12.8 Å². The zero-order chi connectivity index (χ0) is 18.6. The Morgan fingerprint density at radius 3 is 2.59 bits per heavy atom. The van der Waals surface area contributed by atoms with Crippen LogP contribution in [0.3, 0.4) is 0 Å². The summed E-state index contributed by atoms with van der Waals surface area (Å²) in [6.45, 7) is 1.55. The molecule has 1 saturated heterocycles. The maximum absolute atomic E-state index is 12.9. The highest BCUT2D eigenvalue weighted by Gasteiger charge is 2.29. The van der Waals surface area contributed by atoms with E-state index in [9.17, 15) is 4.79 Å². The fourth-order valence-electron chi connectivity index (χ4n) is 3.46. The Balaban J connectivity index is 1.45. The van der Waals surface area contributed by atoms with Gasteiger partial charge >= 0.3 is 0 Å². The lowest BCUT2D eigenvalue weighted by Crippen LogP contribution is -2.44. The molecule has 3 aromatic rings. The predicted octanol–water partition coefficient (Wildman–Crippen LogP) is 2.54. The molecule has 1 aromatic carbocycles. The van der Waals surface area contributed by atoms with Gasteiger partial charge in [-0.15, -0.1) is 10.2 Å². The molecule has 1 fully saturated rings. The van der Waals surface area contributed by atoms with Gasteiger partial charge in [0.1, 0.15) is 6.33 Å². The molecule has 1 atom stereocenters. The summed E-state index contributed by atoms with van der Waals surface area (Å²) >= 11 is 0. The third kappa shape index (κ3) is 3.67. The molecule has 0 N–H and O–H groups in total. The number of amides is 1. The van der Waals surface area contributed by atoms with E-state index in [4.69, 9.17) is 0 Å². The molecule has 138 valence electrons. The summed E-state index contributed by atoms with van der Waals surface area (Å²) in [5.74, 6) is 1.64. The van der Waals surface area contributed by atoms with Crippen LogP contribution in [0.25, 0.3) is 5.82 Å². The van der Waals surface area contributed by atoms with Crippen molar-refractivity contribution in [3.8, 4) is 5.82 Å². The molecule has 0 spiro atoms. The maximum atomic E-state index is 12.9. The standard InChI is InChI=1S/C20H22N6O/c1-24(17-7-3-2-4-8-17)20(27)16-6-5-12-25(14-16)18-9-10-19(23-22-18)26-13-11-21-15-26/h2-4,7-11,13,15-16H,5-6,12,14H2,1H3. The first-order chi connectivity index (χ1) is 13.2. The van der Waals surface area contributed by atoms with Crippen molar-refractivity contribution < 1.29 is 4.79 Å². The lowest BCUT2D eigenvalue weighted by Gasteiger charge is -2.34. The van der Waals surface area contributed by atoms with E-state index in [-0.39, 0.29) is 11.8 Å². The highest BCUT2D eigenvalue weighted by molar-refractivity contribution is 5.94. The zero-order valence-corrected chi connectivity index (χ0v) is 15.3. The molecular formula is C20H22N6O.